The predicted molar refractivity (Wildman–Crippen MR) is 66.4 cm³/mol. The Morgan fingerprint density at radius 3 is 2.88 bits per heavy atom. The molecule has 0 aliphatic carbocycles. The van der Waals surface area contributed by atoms with Gasteiger partial charge in [-0.25, -0.2) is 0 Å². The van der Waals surface area contributed by atoms with Crippen LogP contribution in [0.1, 0.15) is 19.3 Å². The van der Waals surface area contributed by atoms with Gasteiger partial charge in [0.2, 0.25) is 5.43 Å². The molecule has 3 nitrogen and oxygen atoms in total. The van der Waals surface area contributed by atoms with Crippen LogP contribution < -0.4 is 10.3 Å². The van der Waals surface area contributed by atoms with Gasteiger partial charge < -0.3 is 9.32 Å². The minimum atomic E-state index is 0.0804. The van der Waals surface area contributed by atoms with Gasteiger partial charge in [-0.1, -0.05) is 0 Å². The second kappa shape index (κ2) is 3.94. The number of hydrogen-bond acceptors (Lipinski definition) is 4. The molecule has 0 radical (unpaired) electrons. The standard InChI is InChI=1S/C12H13NO2S/c14-9-8-11(13-5-2-1-3-6-13)15-10-4-7-16-12(9)10/h4,7-8H,1-3,5-6H2. The molecule has 0 spiro atoms. The van der Waals surface area contributed by atoms with Crippen LogP contribution in [0.5, 0.6) is 0 Å². The Morgan fingerprint density at radius 2 is 2.06 bits per heavy atom. The predicted octanol–water partition coefficient (Wildman–Crippen LogP) is 2.84. The van der Waals surface area contributed by atoms with E-state index in [1.807, 2.05) is 11.4 Å². The van der Waals surface area contributed by atoms with Crippen LogP contribution in [0, 0.1) is 0 Å². The van der Waals surface area contributed by atoms with Gasteiger partial charge in [-0.3, -0.25) is 4.79 Å². The first kappa shape index (κ1) is 9.90. The molecule has 1 aliphatic heterocycles. The monoisotopic (exact) mass is 235 g/mol. The molecule has 0 atom stereocenters. The van der Waals surface area contributed by atoms with E-state index < -0.39 is 0 Å². The fourth-order valence-electron chi connectivity index (χ4n) is 2.15. The van der Waals surface area contributed by atoms with Crippen molar-refractivity contribution < 1.29 is 4.42 Å². The van der Waals surface area contributed by atoms with E-state index in [2.05, 4.69) is 4.90 Å². The first-order valence-corrected chi connectivity index (χ1v) is 6.49. The molecule has 0 bridgehead atoms. The summed E-state index contributed by atoms with van der Waals surface area (Å²) in [6.07, 6.45) is 3.65. The molecule has 2 aromatic rings. The number of rotatable bonds is 1. The van der Waals surface area contributed by atoms with Gasteiger partial charge in [0.1, 0.15) is 4.70 Å². The largest absolute Gasteiger partial charge is 0.439 e. The highest BCUT2D eigenvalue weighted by Crippen LogP contribution is 2.24. The van der Waals surface area contributed by atoms with Gasteiger partial charge in [-0.15, -0.1) is 11.3 Å². The van der Waals surface area contributed by atoms with E-state index in [4.69, 9.17) is 4.42 Å². The number of hydrogen-bond donors (Lipinski definition) is 0. The van der Waals surface area contributed by atoms with E-state index >= 15 is 0 Å². The highest BCUT2D eigenvalue weighted by Gasteiger charge is 2.15. The molecule has 16 heavy (non-hydrogen) atoms. The van der Waals surface area contributed by atoms with Gasteiger partial charge in [-0.05, 0) is 30.7 Å². The highest BCUT2D eigenvalue weighted by molar-refractivity contribution is 7.17. The lowest BCUT2D eigenvalue weighted by Gasteiger charge is -2.26. The second-order valence-corrected chi connectivity index (χ2v) is 5.03. The van der Waals surface area contributed by atoms with Crippen LogP contribution in [0.4, 0.5) is 5.88 Å². The summed E-state index contributed by atoms with van der Waals surface area (Å²) < 4.78 is 6.48. The molecule has 1 fully saturated rings. The van der Waals surface area contributed by atoms with Gasteiger partial charge in [0, 0.05) is 19.2 Å². The van der Waals surface area contributed by atoms with Crippen molar-refractivity contribution in [1.29, 1.82) is 0 Å². The molecule has 1 aliphatic rings. The number of thiophene rings is 1. The first-order valence-electron chi connectivity index (χ1n) is 5.61. The van der Waals surface area contributed by atoms with Crippen molar-refractivity contribution in [3.8, 4) is 0 Å². The molecule has 1 saturated heterocycles. The fourth-order valence-corrected chi connectivity index (χ4v) is 2.88. The lowest BCUT2D eigenvalue weighted by Crippen LogP contribution is -2.29. The number of piperidine rings is 1. The Hall–Kier alpha value is -1.29. The summed E-state index contributed by atoms with van der Waals surface area (Å²) in [4.78, 5) is 14.0. The molecule has 4 heteroatoms. The number of nitrogens with zero attached hydrogens (tertiary/aromatic N) is 1. The highest BCUT2D eigenvalue weighted by atomic mass is 32.1. The van der Waals surface area contributed by atoms with E-state index in [0.29, 0.717) is 0 Å². The van der Waals surface area contributed by atoms with E-state index in [-0.39, 0.29) is 5.43 Å². The first-order chi connectivity index (χ1) is 7.84. The van der Waals surface area contributed by atoms with Gasteiger partial charge in [0.05, 0.1) is 0 Å². The smallest absolute Gasteiger partial charge is 0.204 e. The maximum Gasteiger partial charge on any atom is 0.204 e. The lowest BCUT2D eigenvalue weighted by atomic mass is 10.1. The summed E-state index contributed by atoms with van der Waals surface area (Å²) in [5.74, 6) is 0.732. The number of fused-ring (bicyclic) bond motifs is 1. The Bertz CT molecular complexity index is 551. The zero-order chi connectivity index (χ0) is 11.0. The van der Waals surface area contributed by atoms with Gasteiger partial charge in [-0.2, -0.15) is 0 Å². The molecule has 0 amide bonds. The summed E-state index contributed by atoms with van der Waals surface area (Å²) in [7, 11) is 0. The van der Waals surface area contributed by atoms with E-state index in [1.54, 1.807) is 6.07 Å². The number of anilines is 1. The summed E-state index contributed by atoms with van der Waals surface area (Å²) in [5, 5.41) is 1.90. The molecule has 84 valence electrons. The fraction of sp³-hybridized carbons (Fsp3) is 0.417. The van der Waals surface area contributed by atoms with Crippen molar-refractivity contribution in [2.24, 2.45) is 0 Å². The van der Waals surface area contributed by atoms with Crippen LogP contribution in [0.15, 0.2) is 26.7 Å². The van der Waals surface area contributed by atoms with E-state index in [0.717, 1.165) is 29.3 Å². The molecule has 0 unspecified atom stereocenters. The maximum absolute atomic E-state index is 11.8. The third kappa shape index (κ3) is 1.63. The van der Waals surface area contributed by atoms with Crippen LogP contribution in [0.3, 0.4) is 0 Å². The molecular formula is C12H13NO2S. The molecule has 3 rings (SSSR count). The van der Waals surface area contributed by atoms with Crippen LogP contribution in [-0.2, 0) is 0 Å². The zero-order valence-corrected chi connectivity index (χ0v) is 9.76. The van der Waals surface area contributed by atoms with Gasteiger partial charge in [0.15, 0.2) is 11.5 Å². The molecule has 0 saturated carbocycles. The van der Waals surface area contributed by atoms with Crippen LogP contribution in [0.25, 0.3) is 10.3 Å². The summed E-state index contributed by atoms with van der Waals surface area (Å²) in [6, 6.07) is 3.50. The SMILES string of the molecule is O=c1cc(N2CCCCC2)oc2ccsc12. The van der Waals surface area contributed by atoms with Crippen molar-refractivity contribution in [1.82, 2.24) is 0 Å². The zero-order valence-electron chi connectivity index (χ0n) is 8.94. The summed E-state index contributed by atoms with van der Waals surface area (Å²) >= 11 is 1.44. The minimum absolute atomic E-state index is 0.0804. The van der Waals surface area contributed by atoms with Crippen LogP contribution in [-0.4, -0.2) is 13.1 Å². The quantitative estimate of drug-likeness (QED) is 0.762. The third-order valence-electron chi connectivity index (χ3n) is 2.99. The van der Waals surface area contributed by atoms with Crippen LogP contribution >= 0.6 is 11.3 Å². The average molecular weight is 235 g/mol. The molecule has 0 N–H and O–H groups in total. The molecule has 3 heterocycles. The van der Waals surface area contributed by atoms with Gasteiger partial charge in [0.25, 0.3) is 0 Å². The summed E-state index contributed by atoms with van der Waals surface area (Å²) in [5.41, 5.74) is 0.801. The normalized spacial score (nSPS) is 16.9. The minimum Gasteiger partial charge on any atom is -0.439 e. The maximum atomic E-state index is 11.8. The van der Waals surface area contributed by atoms with Crippen LogP contribution in [0.2, 0.25) is 0 Å². The van der Waals surface area contributed by atoms with Crippen molar-refractivity contribution in [3.05, 3.63) is 27.7 Å². The van der Waals surface area contributed by atoms with Crippen molar-refractivity contribution in [2.75, 3.05) is 18.0 Å². The van der Waals surface area contributed by atoms with E-state index in [9.17, 15) is 4.79 Å². The van der Waals surface area contributed by atoms with Crippen molar-refractivity contribution >= 4 is 27.5 Å². The van der Waals surface area contributed by atoms with Gasteiger partial charge >= 0.3 is 0 Å². The van der Waals surface area contributed by atoms with Crippen molar-refractivity contribution in [2.45, 2.75) is 19.3 Å². The Morgan fingerprint density at radius 1 is 1.25 bits per heavy atom. The topological polar surface area (TPSA) is 33.5 Å². The second-order valence-electron chi connectivity index (χ2n) is 4.11. The molecule has 0 aromatic carbocycles. The lowest BCUT2D eigenvalue weighted by molar-refractivity contribution is 0.513. The Kier molecular flexibility index (Phi) is 2.44. The Labute approximate surface area is 97.3 Å². The molecular weight excluding hydrogens is 222 g/mol. The Balaban J connectivity index is 2.06. The van der Waals surface area contributed by atoms with Crippen molar-refractivity contribution in [3.63, 3.8) is 0 Å². The van der Waals surface area contributed by atoms with E-state index in [1.165, 1.54) is 30.6 Å². The molecule has 2 aromatic heterocycles. The third-order valence-corrected chi connectivity index (χ3v) is 3.90. The summed E-state index contributed by atoms with van der Waals surface area (Å²) in [6.45, 7) is 2.00. The average Bonchev–Trinajstić information content (AvgIpc) is 2.79.